The van der Waals surface area contributed by atoms with E-state index in [0.29, 0.717) is 11.2 Å². The van der Waals surface area contributed by atoms with E-state index >= 15 is 0 Å². The van der Waals surface area contributed by atoms with Crippen LogP contribution in [0.2, 0.25) is 0 Å². The van der Waals surface area contributed by atoms with E-state index in [9.17, 15) is 9.18 Å². The minimum atomic E-state index is -0.455. The van der Waals surface area contributed by atoms with Gasteiger partial charge in [0.1, 0.15) is 5.82 Å². The number of hydrogen-bond acceptors (Lipinski definition) is 5. The third-order valence-corrected chi connectivity index (χ3v) is 5.34. The van der Waals surface area contributed by atoms with Crippen molar-refractivity contribution in [1.82, 2.24) is 19.7 Å². The zero-order chi connectivity index (χ0) is 18.8. The number of benzene rings is 1. The normalized spacial score (nSPS) is 14.7. The number of anilines is 1. The SMILES string of the molecule is C[C@H](Sc1nnc(-c2cccnc2)n1C1CC1)C(=O)Nc1ccccc1F. The van der Waals surface area contributed by atoms with Crippen molar-refractivity contribution in [2.24, 2.45) is 0 Å². The predicted octanol–water partition coefficient (Wildman–Crippen LogP) is 3.93. The topological polar surface area (TPSA) is 72.7 Å². The van der Waals surface area contributed by atoms with Crippen LogP contribution in [0.1, 0.15) is 25.8 Å². The van der Waals surface area contributed by atoms with E-state index in [1.807, 2.05) is 12.1 Å². The van der Waals surface area contributed by atoms with E-state index in [-0.39, 0.29) is 11.6 Å². The van der Waals surface area contributed by atoms with Crippen molar-refractivity contribution >= 4 is 23.4 Å². The number of pyridine rings is 1. The van der Waals surface area contributed by atoms with Crippen molar-refractivity contribution in [3.63, 3.8) is 0 Å². The third kappa shape index (κ3) is 3.85. The van der Waals surface area contributed by atoms with E-state index in [2.05, 4.69) is 25.1 Å². The van der Waals surface area contributed by atoms with E-state index in [1.54, 1.807) is 31.5 Å². The van der Waals surface area contributed by atoms with Gasteiger partial charge in [0.2, 0.25) is 5.91 Å². The van der Waals surface area contributed by atoms with Crippen molar-refractivity contribution in [3.05, 3.63) is 54.6 Å². The van der Waals surface area contributed by atoms with Crippen LogP contribution < -0.4 is 5.32 Å². The van der Waals surface area contributed by atoms with Crippen LogP contribution in [-0.4, -0.2) is 30.9 Å². The molecule has 27 heavy (non-hydrogen) atoms. The Kier molecular flexibility index (Phi) is 4.89. The summed E-state index contributed by atoms with van der Waals surface area (Å²) in [6.07, 6.45) is 5.60. The molecule has 8 heteroatoms. The van der Waals surface area contributed by atoms with Crippen molar-refractivity contribution in [2.75, 3.05) is 5.32 Å². The molecular formula is C19H18FN5OS. The Morgan fingerprint density at radius 1 is 1.26 bits per heavy atom. The first-order chi connectivity index (χ1) is 13.1. The van der Waals surface area contributed by atoms with E-state index in [1.165, 1.54) is 23.9 Å². The van der Waals surface area contributed by atoms with Gasteiger partial charge in [0.25, 0.3) is 0 Å². The zero-order valence-electron chi connectivity index (χ0n) is 14.7. The quantitative estimate of drug-likeness (QED) is 0.653. The predicted molar refractivity (Wildman–Crippen MR) is 102 cm³/mol. The number of thioether (sulfide) groups is 1. The van der Waals surface area contributed by atoms with Crippen LogP contribution in [0.4, 0.5) is 10.1 Å². The fourth-order valence-corrected chi connectivity index (χ4v) is 3.64. The first-order valence-electron chi connectivity index (χ1n) is 8.71. The Balaban J connectivity index is 1.53. The molecule has 1 aliphatic carbocycles. The fraction of sp³-hybridized carbons (Fsp3) is 0.263. The molecule has 2 aromatic heterocycles. The van der Waals surface area contributed by atoms with Crippen LogP contribution in [-0.2, 0) is 4.79 Å². The summed E-state index contributed by atoms with van der Waals surface area (Å²) in [5.41, 5.74) is 1.07. The summed E-state index contributed by atoms with van der Waals surface area (Å²) in [6, 6.07) is 10.3. The number of nitrogens with zero attached hydrogens (tertiary/aromatic N) is 4. The smallest absolute Gasteiger partial charge is 0.237 e. The van der Waals surface area contributed by atoms with Crippen LogP contribution in [0.5, 0.6) is 0 Å². The molecule has 3 aromatic rings. The highest BCUT2D eigenvalue weighted by atomic mass is 32.2. The lowest BCUT2D eigenvalue weighted by atomic mass is 10.3. The van der Waals surface area contributed by atoms with Crippen LogP contribution in [0.25, 0.3) is 11.4 Å². The van der Waals surface area contributed by atoms with Gasteiger partial charge in [-0.25, -0.2) is 4.39 Å². The number of aromatic nitrogens is 4. The lowest BCUT2D eigenvalue weighted by Gasteiger charge is -2.13. The molecule has 6 nitrogen and oxygen atoms in total. The molecule has 0 saturated heterocycles. The first kappa shape index (κ1) is 17.7. The number of para-hydroxylation sites is 1. The molecule has 1 aliphatic rings. The van der Waals surface area contributed by atoms with Crippen molar-refractivity contribution in [3.8, 4) is 11.4 Å². The summed E-state index contributed by atoms with van der Waals surface area (Å²) >= 11 is 1.32. The number of carbonyl (C=O) groups is 1. The zero-order valence-corrected chi connectivity index (χ0v) is 15.5. The summed E-state index contributed by atoms with van der Waals surface area (Å²) in [7, 11) is 0. The van der Waals surface area contributed by atoms with Gasteiger partial charge >= 0.3 is 0 Å². The van der Waals surface area contributed by atoms with Crippen molar-refractivity contribution < 1.29 is 9.18 Å². The standard InChI is InChI=1S/C19H18FN5OS/c1-12(18(26)22-16-7-3-2-6-15(16)20)27-19-24-23-17(25(19)14-8-9-14)13-5-4-10-21-11-13/h2-7,10-12,14H,8-9H2,1H3,(H,22,26)/t12-/m0/s1. The minimum absolute atomic E-state index is 0.176. The maximum absolute atomic E-state index is 13.8. The second-order valence-corrected chi connectivity index (χ2v) is 7.69. The molecule has 1 aromatic carbocycles. The Hall–Kier alpha value is -2.74. The highest BCUT2D eigenvalue weighted by Crippen LogP contribution is 2.41. The van der Waals surface area contributed by atoms with Gasteiger partial charge in [-0.05, 0) is 44.0 Å². The molecule has 1 atom stereocenters. The number of nitrogens with one attached hydrogen (secondary N) is 1. The summed E-state index contributed by atoms with van der Waals surface area (Å²) in [5.74, 6) is 0.0243. The maximum atomic E-state index is 13.8. The maximum Gasteiger partial charge on any atom is 0.237 e. The third-order valence-electron chi connectivity index (χ3n) is 4.28. The number of hydrogen-bond donors (Lipinski definition) is 1. The van der Waals surface area contributed by atoms with Gasteiger partial charge in [0.15, 0.2) is 11.0 Å². The van der Waals surface area contributed by atoms with Gasteiger partial charge in [-0.2, -0.15) is 0 Å². The van der Waals surface area contributed by atoms with Crippen molar-refractivity contribution in [2.45, 2.75) is 36.2 Å². The number of carbonyl (C=O) groups excluding carboxylic acids is 1. The lowest BCUT2D eigenvalue weighted by Crippen LogP contribution is -2.23. The van der Waals surface area contributed by atoms with Crippen LogP contribution in [0, 0.1) is 5.82 Å². The molecule has 138 valence electrons. The van der Waals surface area contributed by atoms with Crippen LogP contribution in [0.15, 0.2) is 53.9 Å². The van der Waals surface area contributed by atoms with Crippen LogP contribution in [0.3, 0.4) is 0 Å². The number of rotatable bonds is 6. The molecule has 0 bridgehead atoms. The average molecular weight is 383 g/mol. The van der Waals surface area contributed by atoms with E-state index in [0.717, 1.165) is 24.2 Å². The molecule has 1 amide bonds. The summed E-state index contributed by atoms with van der Waals surface area (Å²) in [4.78, 5) is 16.6. The average Bonchev–Trinajstić information content (AvgIpc) is 3.44. The second kappa shape index (κ2) is 7.48. The molecule has 0 radical (unpaired) electrons. The Labute approximate surface area is 160 Å². The largest absolute Gasteiger partial charge is 0.323 e. The second-order valence-electron chi connectivity index (χ2n) is 6.38. The van der Waals surface area contributed by atoms with Gasteiger partial charge in [-0.15, -0.1) is 10.2 Å². The van der Waals surface area contributed by atoms with Crippen molar-refractivity contribution in [1.29, 1.82) is 0 Å². The van der Waals surface area contributed by atoms with Gasteiger partial charge in [0, 0.05) is 24.0 Å². The van der Waals surface area contributed by atoms with Gasteiger partial charge in [-0.1, -0.05) is 23.9 Å². The molecule has 0 aliphatic heterocycles. The summed E-state index contributed by atoms with van der Waals surface area (Å²) < 4.78 is 15.8. The fourth-order valence-electron chi connectivity index (χ4n) is 2.72. The minimum Gasteiger partial charge on any atom is -0.323 e. The van der Waals surface area contributed by atoms with E-state index < -0.39 is 11.1 Å². The first-order valence-corrected chi connectivity index (χ1v) is 9.59. The Morgan fingerprint density at radius 3 is 2.78 bits per heavy atom. The monoisotopic (exact) mass is 383 g/mol. The summed E-state index contributed by atoms with van der Waals surface area (Å²) in [6.45, 7) is 1.77. The highest BCUT2D eigenvalue weighted by molar-refractivity contribution is 8.00. The molecule has 2 heterocycles. The number of halogens is 1. The highest BCUT2D eigenvalue weighted by Gasteiger charge is 2.31. The summed E-state index contributed by atoms with van der Waals surface area (Å²) in [5, 5.41) is 11.5. The molecule has 1 N–H and O–H groups in total. The Bertz CT molecular complexity index is 958. The molecule has 1 saturated carbocycles. The molecule has 1 fully saturated rings. The number of amides is 1. The lowest BCUT2D eigenvalue weighted by molar-refractivity contribution is -0.115. The van der Waals surface area contributed by atoms with Crippen LogP contribution >= 0.6 is 11.8 Å². The van der Waals surface area contributed by atoms with Gasteiger partial charge in [0.05, 0.1) is 10.9 Å². The van der Waals surface area contributed by atoms with Gasteiger partial charge in [-0.3, -0.25) is 14.3 Å². The van der Waals surface area contributed by atoms with Gasteiger partial charge < -0.3 is 5.32 Å². The molecule has 0 spiro atoms. The molecule has 4 rings (SSSR count). The Morgan fingerprint density at radius 2 is 2.07 bits per heavy atom. The molecular weight excluding hydrogens is 365 g/mol. The van der Waals surface area contributed by atoms with E-state index in [4.69, 9.17) is 0 Å². The molecule has 0 unspecified atom stereocenters.